The summed E-state index contributed by atoms with van der Waals surface area (Å²) in [6.45, 7) is 2.53. The van der Waals surface area contributed by atoms with Gasteiger partial charge in [0.05, 0.1) is 11.5 Å². The van der Waals surface area contributed by atoms with Gasteiger partial charge in [0.25, 0.3) is 10.1 Å². The van der Waals surface area contributed by atoms with Crippen molar-refractivity contribution < 1.29 is 12.6 Å². The van der Waals surface area contributed by atoms with Crippen LogP contribution in [-0.2, 0) is 14.3 Å². The van der Waals surface area contributed by atoms with E-state index < -0.39 is 10.1 Å². The van der Waals surface area contributed by atoms with E-state index >= 15 is 0 Å². The summed E-state index contributed by atoms with van der Waals surface area (Å²) in [4.78, 5) is 0.238. The summed E-state index contributed by atoms with van der Waals surface area (Å²) in [5.41, 5.74) is 0. The van der Waals surface area contributed by atoms with Crippen LogP contribution in [0.5, 0.6) is 0 Å². The Hall–Kier alpha value is -0.400. The fourth-order valence-corrected chi connectivity index (χ4v) is 4.49. The van der Waals surface area contributed by atoms with Gasteiger partial charge in [-0.05, 0) is 79.0 Å². The summed E-state index contributed by atoms with van der Waals surface area (Å²) in [7, 11) is -3.61. The first-order valence-corrected chi connectivity index (χ1v) is 13.8. The standard InChI is InChI=1S/C24H39IO3S/c1-2-3-4-5-6-7-8-9-10-11-12-13-14-15-16-17-22-28-29(26,27)24-20-18-23(25)19-21-24/h9-10,18-21H,2-8,11-17,22H2,1H3/b10-9-. The summed E-state index contributed by atoms with van der Waals surface area (Å²) in [5, 5.41) is 0. The van der Waals surface area contributed by atoms with E-state index in [9.17, 15) is 8.42 Å². The van der Waals surface area contributed by atoms with Crippen LogP contribution in [0.25, 0.3) is 0 Å². The van der Waals surface area contributed by atoms with Gasteiger partial charge in [-0.15, -0.1) is 0 Å². The van der Waals surface area contributed by atoms with E-state index in [0.29, 0.717) is 0 Å². The van der Waals surface area contributed by atoms with E-state index in [1.807, 2.05) is 0 Å². The van der Waals surface area contributed by atoms with E-state index in [2.05, 4.69) is 41.7 Å². The molecule has 0 aliphatic rings. The molecule has 0 N–H and O–H groups in total. The largest absolute Gasteiger partial charge is 0.296 e. The predicted molar refractivity (Wildman–Crippen MR) is 132 cm³/mol. The molecule has 166 valence electrons. The van der Waals surface area contributed by atoms with Crippen molar-refractivity contribution in [3.8, 4) is 0 Å². The van der Waals surface area contributed by atoms with Gasteiger partial charge in [-0.25, -0.2) is 0 Å². The Bertz CT molecular complexity index is 639. The Morgan fingerprint density at radius 3 is 1.79 bits per heavy atom. The zero-order valence-electron chi connectivity index (χ0n) is 18.1. The highest BCUT2D eigenvalue weighted by Gasteiger charge is 2.14. The van der Waals surface area contributed by atoms with E-state index in [1.54, 1.807) is 24.3 Å². The van der Waals surface area contributed by atoms with Gasteiger partial charge in [0.15, 0.2) is 0 Å². The average Bonchev–Trinajstić information content (AvgIpc) is 2.70. The van der Waals surface area contributed by atoms with Gasteiger partial charge in [-0.2, -0.15) is 8.42 Å². The maximum Gasteiger partial charge on any atom is 0.296 e. The Labute approximate surface area is 193 Å². The lowest BCUT2D eigenvalue weighted by Gasteiger charge is -2.06. The number of hydrogen-bond acceptors (Lipinski definition) is 3. The fourth-order valence-electron chi connectivity index (χ4n) is 3.19. The number of allylic oxidation sites excluding steroid dienone is 2. The van der Waals surface area contributed by atoms with E-state index in [-0.39, 0.29) is 11.5 Å². The number of hydrogen-bond donors (Lipinski definition) is 0. The van der Waals surface area contributed by atoms with Crippen molar-refractivity contribution in [2.45, 2.75) is 102 Å². The lowest BCUT2D eigenvalue weighted by molar-refractivity contribution is 0.306. The molecule has 0 amide bonds. The van der Waals surface area contributed by atoms with Gasteiger partial charge < -0.3 is 0 Å². The second-order valence-corrected chi connectivity index (χ2v) is 10.5. The van der Waals surface area contributed by atoms with Gasteiger partial charge >= 0.3 is 0 Å². The van der Waals surface area contributed by atoms with Gasteiger partial charge in [0.2, 0.25) is 0 Å². The molecule has 0 aliphatic carbocycles. The summed E-state index contributed by atoms with van der Waals surface area (Å²) >= 11 is 2.15. The first-order valence-electron chi connectivity index (χ1n) is 11.4. The molecule has 0 unspecified atom stereocenters. The molecule has 1 aromatic carbocycles. The lowest BCUT2D eigenvalue weighted by Crippen LogP contribution is -2.07. The quantitative estimate of drug-likeness (QED) is 0.0829. The second-order valence-electron chi connectivity index (χ2n) is 7.67. The molecule has 0 aromatic heterocycles. The Morgan fingerprint density at radius 1 is 0.759 bits per heavy atom. The van der Waals surface area contributed by atoms with E-state index in [1.165, 1.54) is 70.6 Å². The van der Waals surface area contributed by atoms with Crippen LogP contribution in [0.3, 0.4) is 0 Å². The van der Waals surface area contributed by atoms with Crippen molar-refractivity contribution >= 4 is 32.7 Å². The molecule has 1 aromatic rings. The number of unbranched alkanes of at least 4 members (excludes halogenated alkanes) is 12. The first-order chi connectivity index (χ1) is 14.1. The molecule has 0 radical (unpaired) electrons. The smallest absolute Gasteiger partial charge is 0.266 e. The zero-order valence-corrected chi connectivity index (χ0v) is 21.1. The molecule has 1 rings (SSSR count). The predicted octanol–water partition coefficient (Wildman–Crippen LogP) is 8.03. The molecule has 5 heteroatoms. The Morgan fingerprint density at radius 2 is 1.24 bits per heavy atom. The Balaban J connectivity index is 1.91. The highest BCUT2D eigenvalue weighted by Crippen LogP contribution is 2.16. The van der Waals surface area contributed by atoms with Crippen LogP contribution in [0, 0.1) is 3.57 Å². The molecule has 29 heavy (non-hydrogen) atoms. The lowest BCUT2D eigenvalue weighted by atomic mass is 10.1. The van der Waals surface area contributed by atoms with Crippen molar-refractivity contribution in [3.05, 3.63) is 40.0 Å². The summed E-state index contributed by atoms with van der Waals surface area (Å²) < 4.78 is 30.3. The van der Waals surface area contributed by atoms with Crippen LogP contribution >= 0.6 is 22.6 Å². The molecule has 0 saturated carbocycles. The molecule has 0 atom stereocenters. The van der Waals surface area contributed by atoms with E-state index in [0.717, 1.165) is 22.8 Å². The number of halogens is 1. The SMILES string of the molecule is CCCCCCCC/C=C\CCCCCCCCOS(=O)(=O)c1ccc(I)cc1. The minimum Gasteiger partial charge on any atom is -0.266 e. The van der Waals surface area contributed by atoms with Crippen LogP contribution in [0.15, 0.2) is 41.3 Å². The maximum absolute atomic E-state index is 12.1. The van der Waals surface area contributed by atoms with Gasteiger partial charge in [-0.1, -0.05) is 76.9 Å². The van der Waals surface area contributed by atoms with Crippen molar-refractivity contribution in [2.75, 3.05) is 6.61 Å². The van der Waals surface area contributed by atoms with Crippen LogP contribution in [0.1, 0.15) is 96.8 Å². The third kappa shape index (κ3) is 14.3. The van der Waals surface area contributed by atoms with Crippen molar-refractivity contribution in [3.63, 3.8) is 0 Å². The molecule has 0 fully saturated rings. The Kier molecular flexibility index (Phi) is 15.9. The van der Waals surface area contributed by atoms with Crippen LogP contribution < -0.4 is 0 Å². The van der Waals surface area contributed by atoms with Crippen LogP contribution in [0.2, 0.25) is 0 Å². The molecular weight excluding hydrogens is 495 g/mol. The number of rotatable bonds is 18. The molecule has 3 nitrogen and oxygen atoms in total. The summed E-state index contributed by atoms with van der Waals surface area (Å²) in [6.07, 6.45) is 22.0. The molecule has 0 spiro atoms. The van der Waals surface area contributed by atoms with Crippen LogP contribution in [-0.4, -0.2) is 15.0 Å². The monoisotopic (exact) mass is 534 g/mol. The third-order valence-electron chi connectivity index (χ3n) is 5.00. The summed E-state index contributed by atoms with van der Waals surface area (Å²) in [5.74, 6) is 0. The fraction of sp³-hybridized carbons (Fsp3) is 0.667. The average molecular weight is 535 g/mol. The highest BCUT2D eigenvalue weighted by molar-refractivity contribution is 14.1. The highest BCUT2D eigenvalue weighted by atomic mass is 127. The van der Waals surface area contributed by atoms with E-state index in [4.69, 9.17) is 4.18 Å². The minimum atomic E-state index is -3.61. The molecule has 0 heterocycles. The normalized spacial score (nSPS) is 12.1. The van der Waals surface area contributed by atoms with Gasteiger partial charge in [0, 0.05) is 3.57 Å². The van der Waals surface area contributed by atoms with Crippen LogP contribution in [0.4, 0.5) is 0 Å². The van der Waals surface area contributed by atoms with Crippen molar-refractivity contribution in [1.29, 1.82) is 0 Å². The minimum absolute atomic E-state index is 0.238. The first kappa shape index (κ1) is 26.6. The van der Waals surface area contributed by atoms with Crippen molar-refractivity contribution in [1.82, 2.24) is 0 Å². The topological polar surface area (TPSA) is 43.4 Å². The third-order valence-corrected chi connectivity index (χ3v) is 7.04. The molecular formula is C24H39IO3S. The summed E-state index contributed by atoms with van der Waals surface area (Å²) in [6, 6.07) is 6.75. The van der Waals surface area contributed by atoms with Gasteiger partial charge in [0.1, 0.15) is 0 Å². The zero-order chi connectivity index (χ0) is 21.2. The number of benzene rings is 1. The molecule has 0 bridgehead atoms. The molecule has 0 saturated heterocycles. The molecule has 0 aliphatic heterocycles. The maximum atomic E-state index is 12.1. The second kappa shape index (κ2) is 17.3. The van der Waals surface area contributed by atoms with Gasteiger partial charge in [-0.3, -0.25) is 4.18 Å². The van der Waals surface area contributed by atoms with Crippen molar-refractivity contribution in [2.24, 2.45) is 0 Å².